The molecule has 1 N–H and O–H groups in total. The Kier molecular flexibility index (Phi) is 15.1. The van der Waals surface area contributed by atoms with E-state index >= 15 is 0 Å². The molecule has 6 heteroatoms. The summed E-state index contributed by atoms with van der Waals surface area (Å²) in [5, 5.41) is 10.2. The second-order valence-electron chi connectivity index (χ2n) is 8.86. The zero-order chi connectivity index (χ0) is 25.8. The van der Waals surface area contributed by atoms with Gasteiger partial charge in [0.25, 0.3) is 0 Å². The fourth-order valence-electron chi connectivity index (χ4n) is 3.59. The number of aliphatic hydroxyl groups is 1. The largest absolute Gasteiger partial charge is 0.494 e. The van der Waals surface area contributed by atoms with Gasteiger partial charge < -0.3 is 24.1 Å². The number of esters is 1. The number of aliphatic hydroxyl groups excluding tert-OH is 1. The zero-order valence-electron chi connectivity index (χ0n) is 21.7. The van der Waals surface area contributed by atoms with Crippen LogP contribution >= 0.6 is 0 Å². The van der Waals surface area contributed by atoms with Crippen LogP contribution in [0.5, 0.6) is 11.5 Å². The highest BCUT2D eigenvalue weighted by atomic mass is 16.5. The molecule has 0 radical (unpaired) electrons. The van der Waals surface area contributed by atoms with Gasteiger partial charge in [0.15, 0.2) is 0 Å². The first-order valence-corrected chi connectivity index (χ1v) is 13.1. The van der Waals surface area contributed by atoms with Crippen molar-refractivity contribution in [3.05, 3.63) is 72.3 Å². The van der Waals surface area contributed by atoms with Crippen LogP contribution in [0.4, 0.5) is 0 Å². The molecule has 2 rings (SSSR count). The van der Waals surface area contributed by atoms with E-state index in [0.29, 0.717) is 17.9 Å². The molecular formula is C30H42O6. The Balaban J connectivity index is 1.57. The van der Waals surface area contributed by atoms with E-state index in [0.717, 1.165) is 24.3 Å². The van der Waals surface area contributed by atoms with Crippen LogP contribution in [0, 0.1) is 0 Å². The first kappa shape index (κ1) is 29.4. The zero-order valence-corrected chi connectivity index (χ0v) is 21.7. The van der Waals surface area contributed by atoms with Crippen molar-refractivity contribution in [1.29, 1.82) is 0 Å². The molecule has 2 aromatic rings. The lowest BCUT2D eigenvalue weighted by atomic mass is 10.1. The third kappa shape index (κ3) is 12.8. The van der Waals surface area contributed by atoms with Crippen molar-refractivity contribution in [1.82, 2.24) is 0 Å². The summed E-state index contributed by atoms with van der Waals surface area (Å²) in [6.45, 7) is 7.24. The molecule has 0 bridgehead atoms. The molecule has 36 heavy (non-hydrogen) atoms. The van der Waals surface area contributed by atoms with Gasteiger partial charge in [-0.15, -0.1) is 0 Å². The highest BCUT2D eigenvalue weighted by molar-refractivity contribution is 5.89. The van der Waals surface area contributed by atoms with Gasteiger partial charge in [-0.2, -0.15) is 0 Å². The Morgan fingerprint density at radius 1 is 0.917 bits per heavy atom. The minimum absolute atomic E-state index is 0.0523. The molecule has 0 amide bonds. The highest BCUT2D eigenvalue weighted by Gasteiger charge is 2.10. The van der Waals surface area contributed by atoms with Gasteiger partial charge in [-0.25, -0.2) is 4.79 Å². The van der Waals surface area contributed by atoms with Crippen LogP contribution in [-0.4, -0.2) is 43.6 Å². The van der Waals surface area contributed by atoms with E-state index in [1.165, 1.54) is 51.0 Å². The normalized spacial score (nSPS) is 11.6. The van der Waals surface area contributed by atoms with Gasteiger partial charge in [-0.1, -0.05) is 82.7 Å². The Hall–Kier alpha value is -2.83. The lowest BCUT2D eigenvalue weighted by Crippen LogP contribution is -2.23. The van der Waals surface area contributed by atoms with Crippen LogP contribution in [-0.2, 0) is 16.1 Å². The number of benzene rings is 2. The van der Waals surface area contributed by atoms with E-state index in [1.54, 1.807) is 24.3 Å². The van der Waals surface area contributed by atoms with Crippen molar-refractivity contribution in [3.8, 4) is 11.5 Å². The summed E-state index contributed by atoms with van der Waals surface area (Å²) < 4.78 is 22.1. The Morgan fingerprint density at radius 2 is 1.64 bits per heavy atom. The minimum Gasteiger partial charge on any atom is -0.494 e. The average molecular weight is 499 g/mol. The predicted octanol–water partition coefficient (Wildman–Crippen LogP) is 6.51. The first-order chi connectivity index (χ1) is 17.6. The summed E-state index contributed by atoms with van der Waals surface area (Å²) in [6, 6.07) is 14.5. The molecule has 1 unspecified atom stereocenters. The van der Waals surface area contributed by atoms with Crippen LogP contribution in [0.15, 0.2) is 61.2 Å². The monoisotopic (exact) mass is 498 g/mol. The number of carbonyl (C=O) groups is 1. The summed E-state index contributed by atoms with van der Waals surface area (Å²) in [4.78, 5) is 11.9. The number of rotatable bonds is 20. The molecule has 0 aliphatic heterocycles. The smallest absolute Gasteiger partial charge is 0.338 e. The van der Waals surface area contributed by atoms with E-state index in [2.05, 4.69) is 13.5 Å². The Bertz CT molecular complexity index is 864. The van der Waals surface area contributed by atoms with Crippen LogP contribution in [0.2, 0.25) is 0 Å². The van der Waals surface area contributed by atoms with Gasteiger partial charge in [-0.05, 0) is 42.3 Å². The first-order valence-electron chi connectivity index (χ1n) is 13.1. The maximum atomic E-state index is 11.9. The predicted molar refractivity (Wildman–Crippen MR) is 143 cm³/mol. The van der Waals surface area contributed by atoms with Gasteiger partial charge in [0, 0.05) is 0 Å². The van der Waals surface area contributed by atoms with Gasteiger partial charge in [0.2, 0.25) is 0 Å². The molecule has 0 spiro atoms. The second kappa shape index (κ2) is 18.4. The number of hydrogen-bond donors (Lipinski definition) is 1. The van der Waals surface area contributed by atoms with Crippen molar-refractivity contribution in [2.75, 3.05) is 26.4 Å². The molecule has 0 aliphatic rings. The maximum absolute atomic E-state index is 11.9. The second-order valence-corrected chi connectivity index (χ2v) is 8.86. The molecule has 0 aliphatic carbocycles. The number of unbranched alkanes of at least 4 members (excludes halogenated alkanes) is 7. The molecular weight excluding hydrogens is 456 g/mol. The van der Waals surface area contributed by atoms with Crippen LogP contribution in [0.3, 0.4) is 0 Å². The van der Waals surface area contributed by atoms with Crippen molar-refractivity contribution in [2.45, 2.75) is 71.0 Å². The molecule has 1 atom stereocenters. The Labute approximate surface area is 216 Å². The summed E-state index contributed by atoms with van der Waals surface area (Å²) in [7, 11) is 0. The van der Waals surface area contributed by atoms with E-state index in [4.69, 9.17) is 18.9 Å². The molecule has 6 nitrogen and oxygen atoms in total. The third-order valence-electron chi connectivity index (χ3n) is 5.61. The molecule has 198 valence electrons. The van der Waals surface area contributed by atoms with Crippen LogP contribution < -0.4 is 9.47 Å². The van der Waals surface area contributed by atoms with Crippen molar-refractivity contribution >= 4 is 5.97 Å². The van der Waals surface area contributed by atoms with Gasteiger partial charge in [0.1, 0.15) is 30.8 Å². The fraction of sp³-hybridized carbons (Fsp3) is 0.500. The van der Waals surface area contributed by atoms with Gasteiger partial charge in [0.05, 0.1) is 25.4 Å². The fourth-order valence-corrected chi connectivity index (χ4v) is 3.59. The van der Waals surface area contributed by atoms with E-state index in [-0.39, 0.29) is 19.8 Å². The molecule has 0 saturated carbocycles. The lowest BCUT2D eigenvalue weighted by molar-refractivity contribution is 0.00545. The standard InChI is InChI=1S/C30H42O6/c1-3-5-6-7-8-9-10-11-20-34-28-17-15-25(16-18-28)22-33-23-27(31)24-36-29-14-12-13-26(21-29)30(32)35-19-4-2/h4,12-18,21,27,31H,2-3,5-11,19-20,22-24H2,1H3. The summed E-state index contributed by atoms with van der Waals surface area (Å²) >= 11 is 0. The lowest BCUT2D eigenvalue weighted by Gasteiger charge is -2.13. The van der Waals surface area contributed by atoms with Crippen molar-refractivity contribution in [2.24, 2.45) is 0 Å². The van der Waals surface area contributed by atoms with E-state index in [1.807, 2.05) is 24.3 Å². The van der Waals surface area contributed by atoms with E-state index in [9.17, 15) is 9.90 Å². The van der Waals surface area contributed by atoms with Crippen molar-refractivity contribution < 1.29 is 28.8 Å². The van der Waals surface area contributed by atoms with E-state index < -0.39 is 12.1 Å². The molecule has 0 aromatic heterocycles. The highest BCUT2D eigenvalue weighted by Crippen LogP contribution is 2.16. The third-order valence-corrected chi connectivity index (χ3v) is 5.61. The minimum atomic E-state index is -0.796. The van der Waals surface area contributed by atoms with Crippen LogP contribution in [0.1, 0.15) is 74.2 Å². The summed E-state index contributed by atoms with van der Waals surface area (Å²) in [5.74, 6) is 0.893. The molecule has 0 saturated heterocycles. The summed E-state index contributed by atoms with van der Waals surface area (Å²) in [6.07, 6.45) is 11.0. The number of ether oxygens (including phenoxy) is 4. The SMILES string of the molecule is C=CCOC(=O)c1cccc(OCC(O)COCc2ccc(OCCCCCCCCCC)cc2)c1. The quantitative estimate of drug-likeness (QED) is 0.127. The number of carbonyl (C=O) groups excluding carboxylic acids is 1. The molecule has 0 fully saturated rings. The maximum Gasteiger partial charge on any atom is 0.338 e. The summed E-state index contributed by atoms with van der Waals surface area (Å²) in [5.41, 5.74) is 1.39. The average Bonchev–Trinajstić information content (AvgIpc) is 2.90. The van der Waals surface area contributed by atoms with Gasteiger partial charge >= 0.3 is 5.97 Å². The Morgan fingerprint density at radius 3 is 2.36 bits per heavy atom. The molecule has 0 heterocycles. The number of hydrogen-bond acceptors (Lipinski definition) is 6. The van der Waals surface area contributed by atoms with Crippen LogP contribution in [0.25, 0.3) is 0 Å². The topological polar surface area (TPSA) is 74.2 Å². The van der Waals surface area contributed by atoms with Crippen molar-refractivity contribution in [3.63, 3.8) is 0 Å². The molecule has 2 aromatic carbocycles. The van der Waals surface area contributed by atoms with Gasteiger partial charge in [-0.3, -0.25) is 0 Å².